The molecule has 0 aliphatic rings. The van der Waals surface area contributed by atoms with Crippen LogP contribution < -0.4 is 4.74 Å². The van der Waals surface area contributed by atoms with Crippen LogP contribution in [0.3, 0.4) is 0 Å². The van der Waals surface area contributed by atoms with Crippen LogP contribution in [-0.4, -0.2) is 40.1 Å². The topological polar surface area (TPSA) is 38.2 Å². The van der Waals surface area contributed by atoms with Crippen molar-refractivity contribution in [1.82, 2.24) is 14.9 Å². The van der Waals surface area contributed by atoms with Gasteiger partial charge in [-0.05, 0) is 27.7 Å². The molecule has 0 radical (unpaired) electrons. The van der Waals surface area contributed by atoms with Gasteiger partial charge in [-0.1, -0.05) is 0 Å². The summed E-state index contributed by atoms with van der Waals surface area (Å²) in [6, 6.07) is 2.11. The molecule has 0 atom stereocenters. The van der Waals surface area contributed by atoms with Crippen molar-refractivity contribution in [3.05, 3.63) is 18.3 Å². The van der Waals surface area contributed by atoms with Gasteiger partial charge >= 0.3 is 0 Å². The van der Waals surface area contributed by atoms with Gasteiger partial charge in [0.2, 0.25) is 11.8 Å². The summed E-state index contributed by atoms with van der Waals surface area (Å²) >= 11 is 0. The lowest BCUT2D eigenvalue weighted by molar-refractivity contribution is 0.140. The first-order valence-corrected chi connectivity index (χ1v) is 5.86. The molecule has 0 saturated carbocycles. The van der Waals surface area contributed by atoms with Gasteiger partial charge in [0.15, 0.2) is 0 Å². The summed E-state index contributed by atoms with van der Waals surface area (Å²) in [5, 5.41) is 0. The van der Waals surface area contributed by atoms with Gasteiger partial charge in [0.25, 0.3) is 0 Å². The van der Waals surface area contributed by atoms with Crippen LogP contribution in [0.1, 0.15) is 27.7 Å². The number of halogens is 1. The molecule has 0 saturated heterocycles. The maximum atomic E-state index is 12.8. The third-order valence-corrected chi connectivity index (χ3v) is 2.53. The number of nitrogens with zero attached hydrogens (tertiary/aromatic N) is 3. The van der Waals surface area contributed by atoms with Crippen molar-refractivity contribution in [1.29, 1.82) is 0 Å². The van der Waals surface area contributed by atoms with E-state index < -0.39 is 5.95 Å². The van der Waals surface area contributed by atoms with E-state index in [1.807, 2.05) is 0 Å². The number of rotatable bonds is 6. The molecule has 0 unspecified atom stereocenters. The van der Waals surface area contributed by atoms with E-state index in [-0.39, 0.29) is 5.88 Å². The fraction of sp³-hybridized carbons (Fsp3) is 0.667. The summed E-state index contributed by atoms with van der Waals surface area (Å²) in [6.07, 6.45) is 1.16. The van der Waals surface area contributed by atoms with Gasteiger partial charge in [0, 0.05) is 18.6 Å². The molecule has 4 nitrogen and oxygen atoms in total. The molecule has 1 aromatic rings. The monoisotopic (exact) mass is 241 g/mol. The Bertz CT molecular complexity index is 336. The Balaban J connectivity index is 2.41. The Morgan fingerprint density at radius 1 is 1.24 bits per heavy atom. The first-order valence-electron chi connectivity index (χ1n) is 5.86. The van der Waals surface area contributed by atoms with Gasteiger partial charge in [-0.15, -0.1) is 0 Å². The summed E-state index contributed by atoms with van der Waals surface area (Å²) in [4.78, 5) is 9.51. The van der Waals surface area contributed by atoms with E-state index in [2.05, 4.69) is 42.6 Å². The second-order valence-corrected chi connectivity index (χ2v) is 4.45. The molecular formula is C12H20FN3O. The molecule has 1 heterocycles. The van der Waals surface area contributed by atoms with Crippen molar-refractivity contribution in [3.8, 4) is 5.88 Å². The van der Waals surface area contributed by atoms with Crippen molar-refractivity contribution in [3.63, 3.8) is 0 Å². The minimum absolute atomic E-state index is 0.282. The first kappa shape index (κ1) is 13.8. The Hall–Kier alpha value is -1.23. The van der Waals surface area contributed by atoms with Crippen LogP contribution in [-0.2, 0) is 0 Å². The van der Waals surface area contributed by atoms with Crippen LogP contribution in [0.15, 0.2) is 12.4 Å². The molecule has 0 bridgehead atoms. The van der Waals surface area contributed by atoms with Crippen LogP contribution in [0.2, 0.25) is 0 Å². The number of hydrogen-bond donors (Lipinski definition) is 0. The van der Waals surface area contributed by atoms with E-state index in [4.69, 9.17) is 4.74 Å². The zero-order valence-electron chi connectivity index (χ0n) is 10.9. The van der Waals surface area contributed by atoms with E-state index in [0.717, 1.165) is 12.9 Å². The fourth-order valence-electron chi connectivity index (χ4n) is 1.76. The van der Waals surface area contributed by atoms with Gasteiger partial charge < -0.3 is 4.74 Å². The van der Waals surface area contributed by atoms with Crippen LogP contribution in [0.4, 0.5) is 4.39 Å². The fourth-order valence-corrected chi connectivity index (χ4v) is 1.76. The Morgan fingerprint density at radius 3 is 2.41 bits per heavy atom. The summed E-state index contributed by atoms with van der Waals surface area (Å²) < 4.78 is 18.2. The molecule has 0 aromatic carbocycles. The second kappa shape index (κ2) is 6.49. The normalized spacial score (nSPS) is 11.5. The predicted octanol–water partition coefficient (Wildman–Crippen LogP) is 2.11. The second-order valence-electron chi connectivity index (χ2n) is 4.45. The van der Waals surface area contributed by atoms with Gasteiger partial charge in [-0.3, -0.25) is 4.90 Å². The molecular weight excluding hydrogens is 221 g/mol. The standard InChI is InChI=1S/C12H20FN3O/c1-9(2)16(10(3)4)5-6-17-12-7-11(13)14-8-15-12/h7-10H,5-6H2,1-4H3. The van der Waals surface area contributed by atoms with Crippen LogP contribution in [0, 0.1) is 5.95 Å². The van der Waals surface area contributed by atoms with Crippen molar-refractivity contribution in [2.75, 3.05) is 13.2 Å². The third-order valence-electron chi connectivity index (χ3n) is 2.53. The minimum Gasteiger partial charge on any atom is -0.476 e. The summed E-state index contributed by atoms with van der Waals surface area (Å²) in [5.74, 6) is -0.287. The number of hydrogen-bond acceptors (Lipinski definition) is 4. The van der Waals surface area contributed by atoms with Gasteiger partial charge in [0.05, 0.1) is 6.07 Å². The molecule has 1 aromatic heterocycles. The molecule has 0 spiro atoms. The summed E-state index contributed by atoms with van der Waals surface area (Å²) in [5.41, 5.74) is 0. The van der Waals surface area contributed by atoms with Crippen molar-refractivity contribution in [2.24, 2.45) is 0 Å². The lowest BCUT2D eigenvalue weighted by Crippen LogP contribution is -2.39. The first-order chi connectivity index (χ1) is 8.00. The highest BCUT2D eigenvalue weighted by Crippen LogP contribution is 2.07. The average molecular weight is 241 g/mol. The van der Waals surface area contributed by atoms with E-state index in [0.29, 0.717) is 18.7 Å². The maximum Gasteiger partial charge on any atom is 0.219 e. The third kappa shape index (κ3) is 4.65. The molecule has 5 heteroatoms. The zero-order valence-corrected chi connectivity index (χ0v) is 10.9. The summed E-state index contributed by atoms with van der Waals surface area (Å²) in [6.45, 7) is 9.86. The maximum absolute atomic E-state index is 12.8. The Morgan fingerprint density at radius 2 is 1.88 bits per heavy atom. The van der Waals surface area contributed by atoms with E-state index >= 15 is 0 Å². The quantitative estimate of drug-likeness (QED) is 0.715. The number of ether oxygens (including phenoxy) is 1. The Labute approximate surface area is 102 Å². The van der Waals surface area contributed by atoms with Gasteiger partial charge in [-0.25, -0.2) is 9.97 Å². The lowest BCUT2D eigenvalue weighted by Gasteiger charge is -2.30. The van der Waals surface area contributed by atoms with E-state index in [9.17, 15) is 4.39 Å². The summed E-state index contributed by atoms with van der Waals surface area (Å²) in [7, 11) is 0. The highest BCUT2D eigenvalue weighted by Gasteiger charge is 2.12. The largest absolute Gasteiger partial charge is 0.476 e. The van der Waals surface area contributed by atoms with E-state index in [1.54, 1.807) is 0 Å². The average Bonchev–Trinajstić information content (AvgIpc) is 2.23. The van der Waals surface area contributed by atoms with Gasteiger partial charge in [-0.2, -0.15) is 4.39 Å². The zero-order chi connectivity index (χ0) is 12.8. The molecule has 96 valence electrons. The molecule has 1 rings (SSSR count). The lowest BCUT2D eigenvalue weighted by atomic mass is 10.2. The van der Waals surface area contributed by atoms with Crippen LogP contribution in [0.25, 0.3) is 0 Å². The van der Waals surface area contributed by atoms with Crippen LogP contribution >= 0.6 is 0 Å². The smallest absolute Gasteiger partial charge is 0.219 e. The van der Waals surface area contributed by atoms with Crippen molar-refractivity contribution < 1.29 is 9.13 Å². The minimum atomic E-state index is -0.570. The Kier molecular flexibility index (Phi) is 5.28. The highest BCUT2D eigenvalue weighted by atomic mass is 19.1. The van der Waals surface area contributed by atoms with E-state index in [1.165, 1.54) is 6.07 Å². The molecule has 0 aliphatic heterocycles. The van der Waals surface area contributed by atoms with Crippen LogP contribution in [0.5, 0.6) is 5.88 Å². The van der Waals surface area contributed by atoms with Gasteiger partial charge in [0.1, 0.15) is 12.9 Å². The molecule has 0 aliphatic carbocycles. The van der Waals surface area contributed by atoms with Crippen molar-refractivity contribution in [2.45, 2.75) is 39.8 Å². The molecule has 0 amide bonds. The number of aromatic nitrogens is 2. The SMILES string of the molecule is CC(C)N(CCOc1cc(F)ncn1)C(C)C. The predicted molar refractivity (Wildman–Crippen MR) is 64.5 cm³/mol. The van der Waals surface area contributed by atoms with Crippen molar-refractivity contribution >= 4 is 0 Å². The highest BCUT2D eigenvalue weighted by molar-refractivity contribution is 5.05. The molecule has 17 heavy (non-hydrogen) atoms. The molecule has 0 fully saturated rings. The molecule has 0 N–H and O–H groups in total.